The van der Waals surface area contributed by atoms with Crippen molar-refractivity contribution >= 4 is 17.8 Å². The van der Waals surface area contributed by atoms with Crippen LogP contribution in [-0.4, -0.2) is 37.2 Å². The van der Waals surface area contributed by atoms with Gasteiger partial charge in [-0.2, -0.15) is 0 Å². The maximum atomic E-state index is 12.5. The first kappa shape index (κ1) is 24.2. The van der Waals surface area contributed by atoms with Gasteiger partial charge in [-0.05, 0) is 44.0 Å². The molecule has 1 N–H and O–H groups in total. The molecule has 0 aliphatic heterocycles. The highest BCUT2D eigenvalue weighted by atomic mass is 16.6. The van der Waals surface area contributed by atoms with E-state index in [1.165, 1.54) is 4.90 Å². The summed E-state index contributed by atoms with van der Waals surface area (Å²) in [6, 6.07) is 10.6. The number of para-hydroxylation sites is 1. The Balaban J connectivity index is 2.31. The van der Waals surface area contributed by atoms with Gasteiger partial charge in [-0.1, -0.05) is 38.8 Å². The van der Waals surface area contributed by atoms with Crippen LogP contribution >= 0.6 is 0 Å². The van der Waals surface area contributed by atoms with Crippen molar-refractivity contribution in [2.45, 2.75) is 52.9 Å². The number of hydrogen-bond acceptors (Lipinski definition) is 5. The van der Waals surface area contributed by atoms with Crippen LogP contribution in [0.25, 0.3) is 11.3 Å². The molecule has 1 aromatic carbocycles. The van der Waals surface area contributed by atoms with Crippen LogP contribution < -0.4 is 19.7 Å². The van der Waals surface area contributed by atoms with Crippen molar-refractivity contribution in [3.8, 4) is 22.8 Å². The van der Waals surface area contributed by atoms with Crippen LogP contribution in [0.15, 0.2) is 36.4 Å². The van der Waals surface area contributed by atoms with Crippen LogP contribution in [0.1, 0.15) is 52.9 Å². The predicted octanol–water partition coefficient (Wildman–Crippen LogP) is 5.19. The van der Waals surface area contributed by atoms with Gasteiger partial charge in [-0.25, -0.2) is 9.78 Å². The fraction of sp³-hybridized carbons (Fsp3) is 0.458. The van der Waals surface area contributed by atoms with Crippen molar-refractivity contribution in [1.82, 2.24) is 10.3 Å². The van der Waals surface area contributed by atoms with E-state index in [1.54, 1.807) is 19.2 Å². The number of esters is 1. The second-order valence-corrected chi connectivity index (χ2v) is 7.17. The number of carbonyl (C=O) groups excluding carboxylic acids is 2. The van der Waals surface area contributed by atoms with E-state index in [9.17, 15) is 9.59 Å². The second-order valence-electron chi connectivity index (χ2n) is 7.17. The summed E-state index contributed by atoms with van der Waals surface area (Å²) in [5, 5.41) is 2.91. The topological polar surface area (TPSA) is 80.8 Å². The Morgan fingerprint density at radius 3 is 2.52 bits per heavy atom. The number of anilines is 1. The molecule has 7 nitrogen and oxygen atoms in total. The summed E-state index contributed by atoms with van der Waals surface area (Å²) in [5.41, 5.74) is 1.22. The molecule has 0 radical (unpaired) electrons. The minimum Gasteiger partial charge on any atom is -0.490 e. The summed E-state index contributed by atoms with van der Waals surface area (Å²) in [6.07, 6.45) is 4.13. The van der Waals surface area contributed by atoms with Gasteiger partial charge in [0.25, 0.3) is 0 Å². The molecule has 7 heteroatoms. The Kier molecular flexibility index (Phi) is 9.81. The van der Waals surface area contributed by atoms with Crippen LogP contribution in [0.5, 0.6) is 11.5 Å². The number of unbranched alkanes of at least 4 members (excludes halogenated alkanes) is 2. The lowest BCUT2D eigenvalue weighted by Crippen LogP contribution is -2.38. The molecule has 0 atom stereocenters. The van der Waals surface area contributed by atoms with Crippen molar-refractivity contribution in [1.29, 1.82) is 0 Å². The number of nitrogens with zero attached hydrogens (tertiary/aromatic N) is 2. The molecule has 2 rings (SSSR count). The summed E-state index contributed by atoms with van der Waals surface area (Å²) < 4.78 is 11.3. The summed E-state index contributed by atoms with van der Waals surface area (Å²) in [5.74, 6) is 1.01. The number of rotatable bonds is 11. The van der Waals surface area contributed by atoms with Gasteiger partial charge in [-0.3, -0.25) is 9.69 Å². The van der Waals surface area contributed by atoms with Crippen molar-refractivity contribution < 1.29 is 19.1 Å². The zero-order valence-electron chi connectivity index (χ0n) is 18.9. The van der Waals surface area contributed by atoms with Gasteiger partial charge in [-0.15, -0.1) is 0 Å². The zero-order chi connectivity index (χ0) is 22.6. The quantitative estimate of drug-likeness (QED) is 0.303. The van der Waals surface area contributed by atoms with E-state index in [0.717, 1.165) is 19.3 Å². The average molecular weight is 428 g/mol. The molecular weight excluding hydrogens is 394 g/mol. The lowest BCUT2D eigenvalue weighted by Gasteiger charge is -2.19. The number of pyridine rings is 1. The highest BCUT2D eigenvalue weighted by molar-refractivity contribution is 5.90. The summed E-state index contributed by atoms with van der Waals surface area (Å²) in [6.45, 7) is 6.99. The first-order valence-electron chi connectivity index (χ1n) is 11.0. The molecule has 0 unspecified atom stereocenters. The average Bonchev–Trinajstić information content (AvgIpc) is 2.77. The molecule has 1 heterocycles. The lowest BCUT2D eigenvalue weighted by atomic mass is 10.1. The summed E-state index contributed by atoms with van der Waals surface area (Å²) in [4.78, 5) is 30.8. The third-order valence-corrected chi connectivity index (χ3v) is 4.66. The molecule has 168 valence electrons. The molecule has 0 saturated heterocycles. The molecule has 0 fully saturated rings. The highest BCUT2D eigenvalue weighted by Crippen LogP contribution is 2.38. The largest absolute Gasteiger partial charge is 0.490 e. The number of urea groups is 1. The van der Waals surface area contributed by atoms with E-state index in [0.29, 0.717) is 54.6 Å². The van der Waals surface area contributed by atoms with Gasteiger partial charge >= 0.3 is 12.0 Å². The fourth-order valence-electron chi connectivity index (χ4n) is 3.01. The van der Waals surface area contributed by atoms with Gasteiger partial charge in [0.05, 0.1) is 12.3 Å². The van der Waals surface area contributed by atoms with Crippen molar-refractivity contribution in [2.75, 3.05) is 25.1 Å². The van der Waals surface area contributed by atoms with E-state index in [1.807, 2.05) is 38.1 Å². The van der Waals surface area contributed by atoms with Gasteiger partial charge in [0.2, 0.25) is 0 Å². The minimum atomic E-state index is -0.323. The van der Waals surface area contributed by atoms with E-state index in [4.69, 9.17) is 9.47 Å². The normalized spacial score (nSPS) is 10.5. The van der Waals surface area contributed by atoms with Crippen molar-refractivity contribution in [3.63, 3.8) is 0 Å². The Morgan fingerprint density at radius 1 is 1.03 bits per heavy atom. The van der Waals surface area contributed by atoms with Crippen LogP contribution in [0, 0.1) is 0 Å². The fourth-order valence-corrected chi connectivity index (χ4v) is 3.01. The summed E-state index contributed by atoms with van der Waals surface area (Å²) in [7, 11) is 1.68. The number of amides is 2. The number of ether oxygens (including phenoxy) is 2. The Bertz CT molecular complexity index is 870. The molecule has 1 aromatic heterocycles. The molecule has 0 aliphatic rings. The Labute approximate surface area is 184 Å². The van der Waals surface area contributed by atoms with E-state index in [2.05, 4.69) is 17.2 Å². The molecular formula is C24H33N3O4. The Hall–Kier alpha value is -3.09. The molecule has 2 amide bonds. The number of carbonyl (C=O) groups is 2. The van der Waals surface area contributed by atoms with E-state index < -0.39 is 0 Å². The number of benzene rings is 1. The van der Waals surface area contributed by atoms with Crippen LogP contribution in [-0.2, 0) is 4.79 Å². The van der Waals surface area contributed by atoms with Gasteiger partial charge in [0.15, 0.2) is 11.5 Å². The minimum absolute atomic E-state index is 0.210. The third-order valence-electron chi connectivity index (χ3n) is 4.66. The SMILES string of the molecule is CCCCCNC(=O)N(C)c1cccc(-c2cccc(OCC)c2OC(=O)CCC)n1. The van der Waals surface area contributed by atoms with Crippen LogP contribution in [0.4, 0.5) is 10.6 Å². The first-order chi connectivity index (χ1) is 15.0. The smallest absolute Gasteiger partial charge is 0.322 e. The molecule has 0 saturated carbocycles. The van der Waals surface area contributed by atoms with Gasteiger partial charge in [0, 0.05) is 25.6 Å². The maximum absolute atomic E-state index is 12.5. The number of nitrogens with one attached hydrogen (secondary N) is 1. The van der Waals surface area contributed by atoms with Crippen molar-refractivity contribution in [3.05, 3.63) is 36.4 Å². The molecule has 0 aliphatic carbocycles. The second kappa shape index (κ2) is 12.6. The molecule has 31 heavy (non-hydrogen) atoms. The highest BCUT2D eigenvalue weighted by Gasteiger charge is 2.19. The maximum Gasteiger partial charge on any atom is 0.322 e. The standard InChI is InChI=1S/C24H33N3O4/c1-5-8-9-17-25-24(29)27(4)21-16-11-14-19(26-21)18-13-10-15-20(30-7-3)23(18)31-22(28)12-6-2/h10-11,13-16H,5-9,12,17H2,1-4H3,(H,25,29). The van der Waals surface area contributed by atoms with E-state index >= 15 is 0 Å². The Morgan fingerprint density at radius 2 is 1.81 bits per heavy atom. The van der Waals surface area contributed by atoms with Crippen LogP contribution in [0.2, 0.25) is 0 Å². The number of hydrogen-bond donors (Lipinski definition) is 1. The van der Waals surface area contributed by atoms with Gasteiger partial charge in [0.1, 0.15) is 5.82 Å². The number of aromatic nitrogens is 1. The van der Waals surface area contributed by atoms with Crippen molar-refractivity contribution in [2.24, 2.45) is 0 Å². The zero-order valence-corrected chi connectivity index (χ0v) is 18.9. The van der Waals surface area contributed by atoms with E-state index in [-0.39, 0.29) is 12.0 Å². The summed E-state index contributed by atoms with van der Waals surface area (Å²) >= 11 is 0. The third kappa shape index (κ3) is 6.98. The van der Waals surface area contributed by atoms with Gasteiger partial charge < -0.3 is 14.8 Å². The monoisotopic (exact) mass is 427 g/mol. The van der Waals surface area contributed by atoms with Crippen LogP contribution in [0.3, 0.4) is 0 Å². The lowest BCUT2D eigenvalue weighted by molar-refractivity contribution is -0.134. The predicted molar refractivity (Wildman–Crippen MR) is 123 cm³/mol. The molecule has 0 spiro atoms. The molecule has 2 aromatic rings. The molecule has 0 bridgehead atoms. The first-order valence-corrected chi connectivity index (χ1v) is 11.0.